The molecule has 2 rings (SSSR count). The SMILES string of the molecule is COc1ccc(C(=O)OCCCN2CCCCC2C)cc1. The van der Waals surface area contributed by atoms with Crippen LogP contribution in [0.1, 0.15) is 43.0 Å². The third kappa shape index (κ3) is 4.74. The quantitative estimate of drug-likeness (QED) is 0.596. The molecule has 0 N–H and O–H groups in total. The minimum Gasteiger partial charge on any atom is -0.497 e. The molecule has 116 valence electrons. The highest BCUT2D eigenvalue weighted by molar-refractivity contribution is 5.89. The van der Waals surface area contributed by atoms with Crippen LogP contribution in [0.25, 0.3) is 0 Å². The van der Waals surface area contributed by atoms with E-state index in [9.17, 15) is 4.79 Å². The zero-order valence-electron chi connectivity index (χ0n) is 13.0. The maximum atomic E-state index is 11.9. The van der Waals surface area contributed by atoms with Gasteiger partial charge in [0.2, 0.25) is 0 Å². The average molecular weight is 291 g/mol. The molecule has 4 nitrogen and oxygen atoms in total. The zero-order valence-corrected chi connectivity index (χ0v) is 13.0. The summed E-state index contributed by atoms with van der Waals surface area (Å²) in [6, 6.07) is 7.66. The molecule has 0 bridgehead atoms. The van der Waals surface area contributed by atoms with Crippen LogP contribution in [-0.2, 0) is 4.74 Å². The van der Waals surface area contributed by atoms with Gasteiger partial charge in [-0.3, -0.25) is 0 Å². The van der Waals surface area contributed by atoms with Crippen molar-refractivity contribution in [3.8, 4) is 5.75 Å². The third-order valence-corrected chi connectivity index (χ3v) is 4.09. The van der Waals surface area contributed by atoms with E-state index in [-0.39, 0.29) is 5.97 Å². The Bertz CT molecular complexity index is 444. The van der Waals surface area contributed by atoms with Gasteiger partial charge >= 0.3 is 5.97 Å². The monoisotopic (exact) mass is 291 g/mol. The second kappa shape index (κ2) is 8.03. The van der Waals surface area contributed by atoms with E-state index in [1.807, 2.05) is 0 Å². The topological polar surface area (TPSA) is 38.8 Å². The summed E-state index contributed by atoms with van der Waals surface area (Å²) < 4.78 is 10.4. The van der Waals surface area contributed by atoms with E-state index in [1.165, 1.54) is 25.8 Å². The van der Waals surface area contributed by atoms with Crippen molar-refractivity contribution in [2.75, 3.05) is 26.8 Å². The van der Waals surface area contributed by atoms with Gasteiger partial charge in [0.15, 0.2) is 0 Å². The number of likely N-dealkylation sites (tertiary alicyclic amines) is 1. The van der Waals surface area contributed by atoms with Crippen LogP contribution in [0.5, 0.6) is 5.75 Å². The van der Waals surface area contributed by atoms with E-state index in [0.717, 1.165) is 18.7 Å². The standard InChI is InChI=1S/C17H25NO3/c1-14-6-3-4-11-18(14)12-5-13-21-17(19)15-7-9-16(20-2)10-8-15/h7-10,14H,3-6,11-13H2,1-2H3. The van der Waals surface area contributed by atoms with Gasteiger partial charge in [0, 0.05) is 12.6 Å². The fraction of sp³-hybridized carbons (Fsp3) is 0.588. The second-order valence-electron chi connectivity index (χ2n) is 5.60. The van der Waals surface area contributed by atoms with Gasteiger partial charge in [-0.2, -0.15) is 0 Å². The Hall–Kier alpha value is -1.55. The number of nitrogens with zero attached hydrogens (tertiary/aromatic N) is 1. The summed E-state index contributed by atoms with van der Waals surface area (Å²) in [6.45, 7) is 4.95. The molecule has 0 spiro atoms. The molecule has 1 heterocycles. The molecule has 1 unspecified atom stereocenters. The van der Waals surface area contributed by atoms with Crippen LogP contribution in [0.3, 0.4) is 0 Å². The first kappa shape index (κ1) is 15.8. The van der Waals surface area contributed by atoms with Crippen LogP contribution in [0.4, 0.5) is 0 Å². The lowest BCUT2D eigenvalue weighted by molar-refractivity contribution is 0.0475. The number of hydrogen-bond donors (Lipinski definition) is 0. The number of ether oxygens (including phenoxy) is 2. The Labute approximate surface area is 127 Å². The largest absolute Gasteiger partial charge is 0.497 e. The summed E-state index contributed by atoms with van der Waals surface area (Å²) in [6.07, 6.45) is 4.80. The molecule has 0 amide bonds. The minimum atomic E-state index is -0.260. The summed E-state index contributed by atoms with van der Waals surface area (Å²) in [7, 11) is 1.61. The van der Waals surface area contributed by atoms with Gasteiger partial charge in [-0.15, -0.1) is 0 Å². The number of carbonyl (C=O) groups excluding carboxylic acids is 1. The summed E-state index contributed by atoms with van der Waals surface area (Å²) in [5.41, 5.74) is 0.571. The fourth-order valence-electron chi connectivity index (χ4n) is 2.73. The molecular formula is C17H25NO3. The predicted molar refractivity (Wildman–Crippen MR) is 82.8 cm³/mol. The fourth-order valence-corrected chi connectivity index (χ4v) is 2.73. The Morgan fingerprint density at radius 3 is 2.71 bits per heavy atom. The molecule has 0 aromatic heterocycles. The minimum absolute atomic E-state index is 0.260. The van der Waals surface area contributed by atoms with E-state index in [2.05, 4.69) is 11.8 Å². The summed E-state index contributed by atoms with van der Waals surface area (Å²) in [5, 5.41) is 0. The zero-order chi connectivity index (χ0) is 15.1. The molecule has 0 radical (unpaired) electrons. The number of piperidine rings is 1. The molecule has 1 aliphatic rings. The number of carbonyl (C=O) groups is 1. The number of rotatable bonds is 6. The number of hydrogen-bond acceptors (Lipinski definition) is 4. The first-order valence-electron chi connectivity index (χ1n) is 7.76. The van der Waals surface area contributed by atoms with E-state index in [0.29, 0.717) is 18.2 Å². The van der Waals surface area contributed by atoms with Crippen molar-refractivity contribution in [1.82, 2.24) is 4.90 Å². The van der Waals surface area contributed by atoms with Crippen LogP contribution >= 0.6 is 0 Å². The lowest BCUT2D eigenvalue weighted by Crippen LogP contribution is -2.38. The van der Waals surface area contributed by atoms with Crippen molar-refractivity contribution in [2.45, 2.75) is 38.6 Å². The number of benzene rings is 1. The number of methoxy groups -OCH3 is 1. The highest BCUT2D eigenvalue weighted by atomic mass is 16.5. The van der Waals surface area contributed by atoms with Crippen LogP contribution in [0, 0.1) is 0 Å². The van der Waals surface area contributed by atoms with E-state index < -0.39 is 0 Å². The Morgan fingerprint density at radius 1 is 1.29 bits per heavy atom. The molecule has 1 aromatic rings. The lowest BCUT2D eigenvalue weighted by Gasteiger charge is -2.33. The maximum absolute atomic E-state index is 11.9. The third-order valence-electron chi connectivity index (χ3n) is 4.09. The molecule has 1 aromatic carbocycles. The lowest BCUT2D eigenvalue weighted by atomic mass is 10.0. The summed E-state index contributed by atoms with van der Waals surface area (Å²) in [4.78, 5) is 14.4. The smallest absolute Gasteiger partial charge is 0.338 e. The molecule has 1 atom stereocenters. The highest BCUT2D eigenvalue weighted by Gasteiger charge is 2.17. The van der Waals surface area contributed by atoms with E-state index in [4.69, 9.17) is 9.47 Å². The first-order chi connectivity index (χ1) is 10.2. The van der Waals surface area contributed by atoms with Crippen LogP contribution in [0.15, 0.2) is 24.3 Å². The van der Waals surface area contributed by atoms with Crippen LogP contribution < -0.4 is 4.74 Å². The van der Waals surface area contributed by atoms with Gasteiger partial charge in [0.05, 0.1) is 19.3 Å². The molecule has 1 fully saturated rings. The summed E-state index contributed by atoms with van der Waals surface area (Å²) in [5.74, 6) is 0.481. The van der Waals surface area contributed by atoms with Crippen molar-refractivity contribution >= 4 is 5.97 Å². The Morgan fingerprint density at radius 2 is 2.05 bits per heavy atom. The van der Waals surface area contributed by atoms with Crippen molar-refractivity contribution in [3.63, 3.8) is 0 Å². The van der Waals surface area contributed by atoms with Crippen molar-refractivity contribution in [3.05, 3.63) is 29.8 Å². The number of esters is 1. The van der Waals surface area contributed by atoms with Crippen molar-refractivity contribution in [2.24, 2.45) is 0 Å². The summed E-state index contributed by atoms with van der Waals surface area (Å²) >= 11 is 0. The molecule has 0 saturated carbocycles. The van der Waals surface area contributed by atoms with Gasteiger partial charge in [0.25, 0.3) is 0 Å². The first-order valence-corrected chi connectivity index (χ1v) is 7.76. The van der Waals surface area contributed by atoms with Crippen molar-refractivity contribution in [1.29, 1.82) is 0 Å². The van der Waals surface area contributed by atoms with Crippen LogP contribution in [0.2, 0.25) is 0 Å². The maximum Gasteiger partial charge on any atom is 0.338 e. The van der Waals surface area contributed by atoms with Crippen LogP contribution in [-0.4, -0.2) is 43.7 Å². The highest BCUT2D eigenvalue weighted by Crippen LogP contribution is 2.16. The Kier molecular flexibility index (Phi) is 6.05. The predicted octanol–water partition coefficient (Wildman–Crippen LogP) is 3.12. The Balaban J connectivity index is 1.68. The van der Waals surface area contributed by atoms with Gasteiger partial charge in [0.1, 0.15) is 5.75 Å². The van der Waals surface area contributed by atoms with E-state index in [1.54, 1.807) is 31.4 Å². The van der Waals surface area contributed by atoms with Gasteiger partial charge < -0.3 is 14.4 Å². The van der Waals surface area contributed by atoms with E-state index >= 15 is 0 Å². The normalized spacial score (nSPS) is 19.2. The van der Waals surface area contributed by atoms with Gasteiger partial charge in [-0.1, -0.05) is 6.42 Å². The average Bonchev–Trinajstić information content (AvgIpc) is 2.53. The molecule has 1 saturated heterocycles. The molecule has 4 heteroatoms. The second-order valence-corrected chi connectivity index (χ2v) is 5.60. The molecule has 0 aliphatic carbocycles. The molecule has 21 heavy (non-hydrogen) atoms. The molecular weight excluding hydrogens is 266 g/mol. The van der Waals surface area contributed by atoms with Crippen molar-refractivity contribution < 1.29 is 14.3 Å². The van der Waals surface area contributed by atoms with Gasteiger partial charge in [-0.25, -0.2) is 4.79 Å². The van der Waals surface area contributed by atoms with Gasteiger partial charge in [-0.05, 0) is 57.0 Å². The molecule has 1 aliphatic heterocycles.